The average molecular weight is 284 g/mol. The zero-order chi connectivity index (χ0) is 15.7. The lowest BCUT2D eigenvalue weighted by Crippen LogP contribution is -2.31. The Morgan fingerprint density at radius 1 is 1.24 bits per heavy atom. The smallest absolute Gasteiger partial charge is 0.244 e. The lowest BCUT2D eigenvalue weighted by Gasteiger charge is -2.13. The highest BCUT2D eigenvalue weighted by Crippen LogP contribution is 2.08. The van der Waals surface area contributed by atoms with Crippen LogP contribution in [0.15, 0.2) is 30.3 Å². The second kappa shape index (κ2) is 8.97. The second-order valence-corrected chi connectivity index (χ2v) is 5.80. The lowest BCUT2D eigenvalue weighted by atomic mass is 10.0. The van der Waals surface area contributed by atoms with Crippen molar-refractivity contribution in [1.82, 2.24) is 5.32 Å². The Balaban J connectivity index is 2.38. The van der Waals surface area contributed by atoms with Crippen LogP contribution in [0.3, 0.4) is 0 Å². The van der Waals surface area contributed by atoms with E-state index < -0.39 is 0 Å². The number of nitrogens with zero attached hydrogens (tertiary/aromatic N) is 1. The van der Waals surface area contributed by atoms with Crippen molar-refractivity contribution in [2.45, 2.75) is 46.1 Å². The molecule has 1 amide bonds. The van der Waals surface area contributed by atoms with Gasteiger partial charge in [-0.2, -0.15) is 5.26 Å². The second-order valence-electron chi connectivity index (χ2n) is 5.80. The van der Waals surface area contributed by atoms with Crippen LogP contribution in [0.25, 0.3) is 6.08 Å². The molecule has 21 heavy (non-hydrogen) atoms. The summed E-state index contributed by atoms with van der Waals surface area (Å²) >= 11 is 0. The molecule has 0 radical (unpaired) electrons. The van der Waals surface area contributed by atoms with Crippen molar-refractivity contribution in [1.29, 1.82) is 5.26 Å². The SMILES string of the molecule is CC(C)CCCC(C)NC(=O)/C=C/c1ccc(C#N)cc1. The van der Waals surface area contributed by atoms with Crippen LogP contribution in [0.5, 0.6) is 0 Å². The highest BCUT2D eigenvalue weighted by molar-refractivity contribution is 5.91. The zero-order valence-corrected chi connectivity index (χ0v) is 13.1. The molecule has 1 aromatic rings. The van der Waals surface area contributed by atoms with E-state index >= 15 is 0 Å². The molecule has 0 aliphatic rings. The van der Waals surface area contributed by atoms with E-state index in [4.69, 9.17) is 5.26 Å². The van der Waals surface area contributed by atoms with Gasteiger partial charge in [-0.3, -0.25) is 4.79 Å². The number of carbonyl (C=O) groups excluding carboxylic acids is 1. The van der Waals surface area contributed by atoms with Crippen molar-refractivity contribution in [3.8, 4) is 6.07 Å². The van der Waals surface area contributed by atoms with Gasteiger partial charge >= 0.3 is 0 Å². The van der Waals surface area contributed by atoms with Gasteiger partial charge in [-0.25, -0.2) is 0 Å². The molecule has 0 heterocycles. The molecule has 1 unspecified atom stereocenters. The first kappa shape index (κ1) is 17.0. The van der Waals surface area contributed by atoms with Crippen LogP contribution in [-0.4, -0.2) is 11.9 Å². The first-order chi connectivity index (χ1) is 10.0. The van der Waals surface area contributed by atoms with Gasteiger partial charge in [0, 0.05) is 12.1 Å². The monoisotopic (exact) mass is 284 g/mol. The van der Waals surface area contributed by atoms with Crippen molar-refractivity contribution in [3.63, 3.8) is 0 Å². The van der Waals surface area contributed by atoms with Crippen LogP contribution in [0.2, 0.25) is 0 Å². The van der Waals surface area contributed by atoms with E-state index in [1.165, 1.54) is 6.42 Å². The summed E-state index contributed by atoms with van der Waals surface area (Å²) in [5.41, 5.74) is 1.53. The number of amides is 1. The van der Waals surface area contributed by atoms with Crippen LogP contribution >= 0.6 is 0 Å². The molecule has 1 atom stereocenters. The molecule has 3 heteroatoms. The molecule has 0 bridgehead atoms. The summed E-state index contributed by atoms with van der Waals surface area (Å²) in [6, 6.07) is 9.41. The summed E-state index contributed by atoms with van der Waals surface area (Å²) in [6.07, 6.45) is 6.64. The first-order valence-corrected chi connectivity index (χ1v) is 7.50. The standard InChI is InChI=1S/C18H24N2O/c1-14(2)5-4-6-15(3)20-18(21)12-11-16-7-9-17(13-19)10-8-16/h7-12,14-15H,4-6H2,1-3H3,(H,20,21)/b12-11+. The third-order valence-corrected chi connectivity index (χ3v) is 3.27. The summed E-state index contributed by atoms with van der Waals surface area (Å²) in [5.74, 6) is 0.639. The Hall–Kier alpha value is -2.08. The Bertz CT molecular complexity index is 509. The predicted octanol–water partition coefficient (Wildman–Crippen LogP) is 3.90. The minimum atomic E-state index is -0.0728. The molecule has 1 rings (SSSR count). The molecular formula is C18H24N2O. The Kier molecular flexibility index (Phi) is 7.25. The molecule has 0 aliphatic heterocycles. The molecule has 0 aromatic heterocycles. The largest absolute Gasteiger partial charge is 0.350 e. The lowest BCUT2D eigenvalue weighted by molar-refractivity contribution is -0.117. The van der Waals surface area contributed by atoms with Gasteiger partial charge in [0.25, 0.3) is 0 Å². The first-order valence-electron chi connectivity index (χ1n) is 7.50. The zero-order valence-electron chi connectivity index (χ0n) is 13.1. The number of hydrogen-bond donors (Lipinski definition) is 1. The van der Waals surface area contributed by atoms with Crippen LogP contribution in [-0.2, 0) is 4.79 Å². The van der Waals surface area contributed by atoms with E-state index in [-0.39, 0.29) is 11.9 Å². The average Bonchev–Trinajstić information content (AvgIpc) is 2.45. The van der Waals surface area contributed by atoms with Crippen molar-refractivity contribution in [2.75, 3.05) is 0 Å². The van der Waals surface area contributed by atoms with Crippen LogP contribution in [0.1, 0.15) is 51.2 Å². The van der Waals surface area contributed by atoms with Gasteiger partial charge in [-0.15, -0.1) is 0 Å². The molecule has 0 aliphatic carbocycles. The van der Waals surface area contributed by atoms with E-state index in [0.29, 0.717) is 11.5 Å². The van der Waals surface area contributed by atoms with E-state index in [2.05, 4.69) is 25.2 Å². The number of benzene rings is 1. The molecule has 0 spiro atoms. The minimum Gasteiger partial charge on any atom is -0.350 e. The molecule has 0 saturated heterocycles. The quantitative estimate of drug-likeness (QED) is 0.772. The van der Waals surface area contributed by atoms with E-state index in [0.717, 1.165) is 18.4 Å². The van der Waals surface area contributed by atoms with Crippen molar-refractivity contribution in [3.05, 3.63) is 41.5 Å². The number of rotatable bonds is 7. The molecule has 0 saturated carbocycles. The maximum atomic E-state index is 11.8. The van der Waals surface area contributed by atoms with Gasteiger partial charge in [0.15, 0.2) is 0 Å². The van der Waals surface area contributed by atoms with Gasteiger partial charge in [0.05, 0.1) is 11.6 Å². The minimum absolute atomic E-state index is 0.0728. The molecule has 1 aromatic carbocycles. The Morgan fingerprint density at radius 2 is 1.90 bits per heavy atom. The summed E-state index contributed by atoms with van der Waals surface area (Å²) in [5, 5.41) is 11.7. The molecule has 1 N–H and O–H groups in total. The summed E-state index contributed by atoms with van der Waals surface area (Å²) in [6.45, 7) is 6.46. The van der Waals surface area contributed by atoms with E-state index in [1.54, 1.807) is 24.3 Å². The van der Waals surface area contributed by atoms with Crippen molar-refractivity contribution < 1.29 is 4.79 Å². The number of carbonyl (C=O) groups is 1. The highest BCUT2D eigenvalue weighted by Gasteiger charge is 2.05. The summed E-state index contributed by atoms with van der Waals surface area (Å²) in [7, 11) is 0. The normalized spacial score (nSPS) is 12.3. The van der Waals surface area contributed by atoms with Gasteiger partial charge in [-0.1, -0.05) is 38.8 Å². The van der Waals surface area contributed by atoms with Gasteiger partial charge in [-0.05, 0) is 43.0 Å². The topological polar surface area (TPSA) is 52.9 Å². The van der Waals surface area contributed by atoms with Crippen molar-refractivity contribution in [2.24, 2.45) is 5.92 Å². The fourth-order valence-electron chi connectivity index (χ4n) is 2.04. The maximum absolute atomic E-state index is 11.8. The fourth-order valence-corrected chi connectivity index (χ4v) is 2.04. The fraction of sp³-hybridized carbons (Fsp3) is 0.444. The Morgan fingerprint density at radius 3 is 2.48 bits per heavy atom. The van der Waals surface area contributed by atoms with E-state index in [9.17, 15) is 4.79 Å². The Labute approximate surface area is 127 Å². The van der Waals surface area contributed by atoms with Crippen LogP contribution < -0.4 is 5.32 Å². The molecular weight excluding hydrogens is 260 g/mol. The summed E-state index contributed by atoms with van der Waals surface area (Å²) in [4.78, 5) is 11.8. The van der Waals surface area contributed by atoms with E-state index in [1.807, 2.05) is 19.1 Å². The number of nitriles is 1. The summed E-state index contributed by atoms with van der Waals surface area (Å²) < 4.78 is 0. The van der Waals surface area contributed by atoms with Gasteiger partial charge < -0.3 is 5.32 Å². The van der Waals surface area contributed by atoms with Crippen LogP contribution in [0.4, 0.5) is 0 Å². The van der Waals surface area contributed by atoms with Gasteiger partial charge in [0.1, 0.15) is 0 Å². The van der Waals surface area contributed by atoms with Crippen LogP contribution in [0, 0.1) is 17.2 Å². The number of hydrogen-bond acceptors (Lipinski definition) is 2. The molecule has 3 nitrogen and oxygen atoms in total. The third-order valence-electron chi connectivity index (χ3n) is 3.27. The molecule has 112 valence electrons. The highest BCUT2D eigenvalue weighted by atomic mass is 16.1. The number of nitrogens with one attached hydrogen (secondary N) is 1. The predicted molar refractivity (Wildman–Crippen MR) is 86.5 cm³/mol. The van der Waals surface area contributed by atoms with Gasteiger partial charge in [0.2, 0.25) is 5.91 Å². The molecule has 0 fully saturated rings. The third kappa shape index (κ3) is 7.31. The maximum Gasteiger partial charge on any atom is 0.244 e. The van der Waals surface area contributed by atoms with Crippen molar-refractivity contribution >= 4 is 12.0 Å².